The Balaban J connectivity index is 0.00000225. The van der Waals surface area contributed by atoms with Crippen LogP contribution in [0.25, 0.3) is 0 Å². The Morgan fingerprint density at radius 3 is 2.75 bits per heavy atom. The molecule has 3 nitrogen and oxygen atoms in total. The van der Waals surface area contributed by atoms with Crippen LogP contribution in [0.3, 0.4) is 0 Å². The third-order valence-electron chi connectivity index (χ3n) is 1.93. The summed E-state index contributed by atoms with van der Waals surface area (Å²) in [5, 5.41) is 9.55. The van der Waals surface area contributed by atoms with Gasteiger partial charge in [0, 0.05) is 5.56 Å². The van der Waals surface area contributed by atoms with Gasteiger partial charge in [-0.05, 0) is 47.7 Å². The van der Waals surface area contributed by atoms with Gasteiger partial charge in [-0.15, -0.1) is 12.4 Å². The van der Waals surface area contributed by atoms with E-state index in [0.717, 1.165) is 14.9 Å². The number of aromatic hydroxyl groups is 1. The van der Waals surface area contributed by atoms with Gasteiger partial charge in [-0.1, -0.05) is 12.7 Å². The molecular formula is C11H15ClINO2. The average Bonchev–Trinajstić information content (AvgIpc) is 2.24. The van der Waals surface area contributed by atoms with Crippen molar-refractivity contribution in [2.24, 2.45) is 5.73 Å². The van der Waals surface area contributed by atoms with E-state index in [1.54, 1.807) is 18.2 Å². The molecule has 0 atom stereocenters. The number of ether oxygens (including phenoxy) is 1. The molecule has 16 heavy (non-hydrogen) atoms. The smallest absolute Gasteiger partial charge is 0.129 e. The molecule has 1 aromatic carbocycles. The molecule has 0 spiro atoms. The first-order valence-electron chi connectivity index (χ1n) is 4.64. The minimum atomic E-state index is 0. The second-order valence-electron chi connectivity index (χ2n) is 3.01. The van der Waals surface area contributed by atoms with Crippen molar-refractivity contribution in [3.05, 3.63) is 33.9 Å². The first-order valence-corrected chi connectivity index (χ1v) is 5.72. The van der Waals surface area contributed by atoms with Gasteiger partial charge in [0.2, 0.25) is 0 Å². The fourth-order valence-electron chi connectivity index (χ4n) is 1.25. The van der Waals surface area contributed by atoms with Gasteiger partial charge >= 0.3 is 0 Å². The third kappa shape index (κ3) is 3.84. The lowest BCUT2D eigenvalue weighted by atomic mass is 10.1. The number of benzene rings is 1. The maximum Gasteiger partial charge on any atom is 0.129 e. The Hall–Kier alpha value is -0.460. The predicted octanol–water partition coefficient (Wildman–Crippen LogP) is 2.48. The summed E-state index contributed by atoms with van der Waals surface area (Å²) in [5.41, 5.74) is 6.47. The van der Waals surface area contributed by atoms with E-state index in [2.05, 4.69) is 29.2 Å². The van der Waals surface area contributed by atoms with Crippen LogP contribution in [-0.4, -0.2) is 18.3 Å². The standard InChI is InChI=1S/C11H14INO2.ClH/c1-2-7-15-10-4-3-9(14)11(12)8(10)5-6-13;/h2-4,14H,1,5-7,13H2;1H. The maximum absolute atomic E-state index is 9.55. The molecule has 90 valence electrons. The Morgan fingerprint density at radius 2 is 2.19 bits per heavy atom. The third-order valence-corrected chi connectivity index (χ3v) is 3.13. The predicted molar refractivity (Wildman–Crippen MR) is 76.5 cm³/mol. The van der Waals surface area contributed by atoms with E-state index in [0.29, 0.717) is 19.6 Å². The molecule has 0 aliphatic heterocycles. The van der Waals surface area contributed by atoms with E-state index in [9.17, 15) is 5.11 Å². The van der Waals surface area contributed by atoms with Crippen LogP contribution in [0.2, 0.25) is 0 Å². The van der Waals surface area contributed by atoms with Crippen LogP contribution >= 0.6 is 35.0 Å². The van der Waals surface area contributed by atoms with Crippen molar-refractivity contribution in [2.45, 2.75) is 6.42 Å². The molecule has 1 aromatic rings. The number of hydrogen-bond donors (Lipinski definition) is 2. The zero-order valence-electron chi connectivity index (χ0n) is 8.78. The van der Waals surface area contributed by atoms with Crippen LogP contribution in [0.4, 0.5) is 0 Å². The highest BCUT2D eigenvalue weighted by Crippen LogP contribution is 2.31. The summed E-state index contributed by atoms with van der Waals surface area (Å²) in [5.74, 6) is 1.03. The van der Waals surface area contributed by atoms with Crippen LogP contribution in [0.1, 0.15) is 5.56 Å². The van der Waals surface area contributed by atoms with Crippen molar-refractivity contribution in [3.63, 3.8) is 0 Å². The number of rotatable bonds is 5. The summed E-state index contributed by atoms with van der Waals surface area (Å²) in [4.78, 5) is 0. The Kier molecular flexibility index (Phi) is 7.53. The van der Waals surface area contributed by atoms with E-state index in [1.807, 2.05) is 0 Å². The minimum absolute atomic E-state index is 0. The Bertz CT molecular complexity index is 358. The minimum Gasteiger partial charge on any atom is -0.507 e. The van der Waals surface area contributed by atoms with Crippen molar-refractivity contribution < 1.29 is 9.84 Å². The van der Waals surface area contributed by atoms with Crippen LogP contribution in [-0.2, 0) is 6.42 Å². The molecule has 0 saturated carbocycles. The van der Waals surface area contributed by atoms with Crippen molar-refractivity contribution >= 4 is 35.0 Å². The molecule has 5 heteroatoms. The molecule has 0 fully saturated rings. The molecule has 0 heterocycles. The molecular weight excluding hydrogens is 340 g/mol. The van der Waals surface area contributed by atoms with E-state index in [4.69, 9.17) is 10.5 Å². The van der Waals surface area contributed by atoms with E-state index in [-0.39, 0.29) is 18.2 Å². The first-order chi connectivity index (χ1) is 7.20. The molecule has 0 amide bonds. The fourth-order valence-corrected chi connectivity index (χ4v) is 1.97. The first kappa shape index (κ1) is 15.5. The highest BCUT2D eigenvalue weighted by molar-refractivity contribution is 14.1. The molecule has 1 rings (SSSR count). The second-order valence-corrected chi connectivity index (χ2v) is 4.09. The SMILES string of the molecule is C=CCOc1ccc(O)c(I)c1CCN.Cl. The highest BCUT2D eigenvalue weighted by Gasteiger charge is 2.10. The van der Waals surface area contributed by atoms with Gasteiger partial charge in [-0.2, -0.15) is 0 Å². The van der Waals surface area contributed by atoms with Crippen molar-refractivity contribution in [2.75, 3.05) is 13.2 Å². The number of phenols is 1. The van der Waals surface area contributed by atoms with Gasteiger partial charge in [-0.25, -0.2) is 0 Å². The normalized spacial score (nSPS) is 9.38. The largest absolute Gasteiger partial charge is 0.507 e. The Labute approximate surface area is 115 Å². The van der Waals surface area contributed by atoms with Gasteiger partial charge < -0.3 is 15.6 Å². The summed E-state index contributed by atoms with van der Waals surface area (Å²) in [6.45, 7) is 4.58. The van der Waals surface area contributed by atoms with Gasteiger partial charge in [0.05, 0.1) is 3.57 Å². The number of hydrogen-bond acceptors (Lipinski definition) is 3. The zero-order chi connectivity index (χ0) is 11.3. The number of halogens is 2. The summed E-state index contributed by atoms with van der Waals surface area (Å²) < 4.78 is 6.29. The molecule has 0 bridgehead atoms. The highest BCUT2D eigenvalue weighted by atomic mass is 127. The number of nitrogens with two attached hydrogens (primary N) is 1. The van der Waals surface area contributed by atoms with E-state index < -0.39 is 0 Å². The van der Waals surface area contributed by atoms with Gasteiger partial charge in [0.1, 0.15) is 18.1 Å². The molecule has 0 aliphatic carbocycles. The van der Waals surface area contributed by atoms with Crippen molar-refractivity contribution in [1.29, 1.82) is 0 Å². The van der Waals surface area contributed by atoms with Crippen molar-refractivity contribution in [1.82, 2.24) is 0 Å². The molecule has 0 unspecified atom stereocenters. The Morgan fingerprint density at radius 1 is 1.50 bits per heavy atom. The van der Waals surface area contributed by atoms with E-state index >= 15 is 0 Å². The number of phenolic OH excluding ortho intramolecular Hbond substituents is 1. The molecule has 3 N–H and O–H groups in total. The van der Waals surface area contributed by atoms with Gasteiger partial charge in [0.15, 0.2) is 0 Å². The topological polar surface area (TPSA) is 55.5 Å². The van der Waals surface area contributed by atoms with Crippen LogP contribution < -0.4 is 10.5 Å². The molecule has 0 radical (unpaired) electrons. The fraction of sp³-hybridized carbons (Fsp3) is 0.273. The quantitative estimate of drug-likeness (QED) is 0.630. The lowest BCUT2D eigenvalue weighted by molar-refractivity contribution is 0.357. The molecule has 0 saturated heterocycles. The average molecular weight is 356 g/mol. The van der Waals surface area contributed by atoms with Gasteiger partial charge in [-0.3, -0.25) is 0 Å². The monoisotopic (exact) mass is 355 g/mol. The summed E-state index contributed by atoms with van der Waals surface area (Å²) in [6, 6.07) is 3.38. The second kappa shape index (κ2) is 7.76. The summed E-state index contributed by atoms with van der Waals surface area (Å²) >= 11 is 2.09. The van der Waals surface area contributed by atoms with E-state index in [1.165, 1.54) is 0 Å². The maximum atomic E-state index is 9.55. The van der Waals surface area contributed by atoms with Gasteiger partial charge in [0.25, 0.3) is 0 Å². The van der Waals surface area contributed by atoms with Crippen LogP contribution in [0, 0.1) is 3.57 Å². The zero-order valence-corrected chi connectivity index (χ0v) is 11.8. The summed E-state index contributed by atoms with van der Waals surface area (Å²) in [7, 11) is 0. The lowest BCUT2D eigenvalue weighted by Crippen LogP contribution is -2.07. The van der Waals surface area contributed by atoms with Crippen LogP contribution in [0.5, 0.6) is 11.5 Å². The summed E-state index contributed by atoms with van der Waals surface area (Å²) in [6.07, 6.45) is 2.38. The lowest BCUT2D eigenvalue weighted by Gasteiger charge is -2.12. The molecule has 0 aromatic heterocycles. The van der Waals surface area contributed by atoms with Crippen LogP contribution in [0.15, 0.2) is 24.8 Å². The van der Waals surface area contributed by atoms with Crippen molar-refractivity contribution in [3.8, 4) is 11.5 Å². The molecule has 0 aliphatic rings.